The van der Waals surface area contributed by atoms with Gasteiger partial charge in [-0.2, -0.15) is 0 Å². The minimum atomic E-state index is -0.583. The molecule has 0 heterocycles. The third-order valence-electron chi connectivity index (χ3n) is 2.97. The van der Waals surface area contributed by atoms with E-state index in [2.05, 4.69) is 15.9 Å². The first-order valence-corrected chi connectivity index (χ1v) is 6.94. The Morgan fingerprint density at radius 3 is 2.57 bits per heavy atom. The summed E-state index contributed by atoms with van der Waals surface area (Å²) in [6, 6.07) is 12.1. The zero-order valence-electron chi connectivity index (χ0n) is 11.2. The smallest absolute Gasteiger partial charge is 0.339 e. The van der Waals surface area contributed by atoms with Gasteiger partial charge in [-0.1, -0.05) is 46.3 Å². The number of ether oxygens (including phenoxy) is 1. The molecule has 0 unspecified atom stereocenters. The van der Waals surface area contributed by atoms with Crippen LogP contribution >= 0.6 is 15.9 Å². The van der Waals surface area contributed by atoms with Crippen molar-refractivity contribution < 1.29 is 14.5 Å². The molecule has 5 nitrogen and oxygen atoms in total. The van der Waals surface area contributed by atoms with Crippen molar-refractivity contribution in [2.45, 2.75) is 13.5 Å². The van der Waals surface area contributed by atoms with E-state index in [9.17, 15) is 14.9 Å². The summed E-state index contributed by atoms with van der Waals surface area (Å²) in [5, 5.41) is 11.0. The molecule has 6 heteroatoms. The maximum atomic E-state index is 12.1. The van der Waals surface area contributed by atoms with Gasteiger partial charge in [0.05, 0.1) is 10.5 Å². The van der Waals surface area contributed by atoms with Gasteiger partial charge >= 0.3 is 5.97 Å². The number of hydrogen-bond acceptors (Lipinski definition) is 4. The Morgan fingerprint density at radius 2 is 1.95 bits per heavy atom. The Balaban J connectivity index is 2.21. The van der Waals surface area contributed by atoms with Gasteiger partial charge in [0.25, 0.3) is 5.69 Å². The van der Waals surface area contributed by atoms with Gasteiger partial charge in [-0.05, 0) is 18.6 Å². The number of rotatable bonds is 4. The second kappa shape index (κ2) is 6.49. The second-order valence-electron chi connectivity index (χ2n) is 4.42. The monoisotopic (exact) mass is 349 g/mol. The number of benzene rings is 2. The molecule has 0 atom stereocenters. The lowest BCUT2D eigenvalue weighted by molar-refractivity contribution is -0.385. The fourth-order valence-corrected chi connectivity index (χ4v) is 2.31. The lowest BCUT2D eigenvalue weighted by atomic mass is 10.1. The fraction of sp³-hybridized carbons (Fsp3) is 0.133. The summed E-state index contributed by atoms with van der Waals surface area (Å²) in [6.45, 7) is 1.66. The van der Waals surface area contributed by atoms with Crippen molar-refractivity contribution >= 4 is 27.6 Å². The van der Waals surface area contributed by atoms with Crippen molar-refractivity contribution in [1.29, 1.82) is 0 Å². The summed E-state index contributed by atoms with van der Waals surface area (Å²) in [7, 11) is 0. The zero-order valence-corrected chi connectivity index (χ0v) is 12.8. The fourth-order valence-electron chi connectivity index (χ4n) is 1.87. The average Bonchev–Trinajstić information content (AvgIpc) is 2.47. The highest BCUT2D eigenvalue weighted by atomic mass is 79.9. The van der Waals surface area contributed by atoms with Crippen molar-refractivity contribution in [3.05, 3.63) is 73.7 Å². The quantitative estimate of drug-likeness (QED) is 0.474. The topological polar surface area (TPSA) is 69.4 Å². The standard InChI is InChI=1S/C15H12BrNO4/c1-10-13(7-12(16)8-14(10)17(19)20)15(18)21-9-11-5-3-2-4-6-11/h2-8H,9H2,1H3. The molecule has 0 aliphatic heterocycles. The molecule has 0 saturated carbocycles. The number of nitro benzene ring substituents is 1. The van der Waals surface area contributed by atoms with Crippen LogP contribution < -0.4 is 0 Å². The van der Waals surface area contributed by atoms with Crippen LogP contribution in [0.4, 0.5) is 5.69 Å². The molecule has 0 aromatic heterocycles. The molecule has 0 fully saturated rings. The maximum absolute atomic E-state index is 12.1. The highest BCUT2D eigenvalue weighted by Crippen LogP contribution is 2.27. The van der Waals surface area contributed by atoms with Crippen LogP contribution in [0.15, 0.2) is 46.9 Å². The van der Waals surface area contributed by atoms with Gasteiger partial charge in [0.15, 0.2) is 0 Å². The SMILES string of the molecule is Cc1c(C(=O)OCc2ccccc2)cc(Br)cc1[N+](=O)[O-]. The first-order chi connectivity index (χ1) is 9.99. The number of nitro groups is 1. The van der Waals surface area contributed by atoms with E-state index in [4.69, 9.17) is 4.74 Å². The Kier molecular flexibility index (Phi) is 4.70. The van der Waals surface area contributed by atoms with E-state index in [1.807, 2.05) is 30.3 Å². The van der Waals surface area contributed by atoms with Gasteiger partial charge in [-0.3, -0.25) is 10.1 Å². The lowest BCUT2D eigenvalue weighted by Gasteiger charge is -2.08. The summed E-state index contributed by atoms with van der Waals surface area (Å²) in [5.74, 6) is -0.583. The average molecular weight is 350 g/mol. The van der Waals surface area contributed by atoms with Crippen LogP contribution in [0.5, 0.6) is 0 Å². The summed E-state index contributed by atoms with van der Waals surface area (Å²) < 4.78 is 5.67. The van der Waals surface area contributed by atoms with E-state index in [0.29, 0.717) is 10.0 Å². The van der Waals surface area contributed by atoms with Crippen LogP contribution in [0.1, 0.15) is 21.5 Å². The van der Waals surface area contributed by atoms with Gasteiger partial charge < -0.3 is 4.74 Å². The highest BCUT2D eigenvalue weighted by Gasteiger charge is 2.20. The summed E-state index contributed by atoms with van der Waals surface area (Å²) in [4.78, 5) is 22.5. The normalized spacial score (nSPS) is 10.2. The number of carbonyl (C=O) groups is 1. The molecule has 2 aromatic rings. The first-order valence-electron chi connectivity index (χ1n) is 6.14. The lowest BCUT2D eigenvalue weighted by Crippen LogP contribution is -2.08. The molecular weight excluding hydrogens is 338 g/mol. The molecule has 0 amide bonds. The van der Waals surface area contributed by atoms with Gasteiger partial charge in [0, 0.05) is 16.1 Å². The van der Waals surface area contributed by atoms with E-state index in [1.165, 1.54) is 19.1 Å². The van der Waals surface area contributed by atoms with Crippen LogP contribution in [0.25, 0.3) is 0 Å². The number of halogens is 1. The molecule has 2 rings (SSSR count). The number of nitrogens with zero attached hydrogens (tertiary/aromatic N) is 1. The van der Waals surface area contributed by atoms with Crippen molar-refractivity contribution in [3.8, 4) is 0 Å². The molecule has 0 bridgehead atoms. The van der Waals surface area contributed by atoms with Crippen molar-refractivity contribution in [2.75, 3.05) is 0 Å². The Hall–Kier alpha value is -2.21. The Bertz CT molecular complexity index is 686. The Morgan fingerprint density at radius 1 is 1.29 bits per heavy atom. The molecule has 2 aromatic carbocycles. The first kappa shape index (κ1) is 15.2. The molecule has 0 aliphatic rings. The molecule has 21 heavy (non-hydrogen) atoms. The number of hydrogen-bond donors (Lipinski definition) is 0. The summed E-state index contributed by atoms with van der Waals surface area (Å²) in [5.41, 5.74) is 1.22. The van der Waals surface area contributed by atoms with E-state index in [1.54, 1.807) is 0 Å². The minimum Gasteiger partial charge on any atom is -0.457 e. The van der Waals surface area contributed by atoms with Crippen LogP contribution in [0.3, 0.4) is 0 Å². The van der Waals surface area contributed by atoms with Gasteiger partial charge in [0.1, 0.15) is 6.61 Å². The van der Waals surface area contributed by atoms with Crippen molar-refractivity contribution in [3.63, 3.8) is 0 Å². The second-order valence-corrected chi connectivity index (χ2v) is 5.33. The highest BCUT2D eigenvalue weighted by molar-refractivity contribution is 9.10. The number of carbonyl (C=O) groups excluding carboxylic acids is 1. The molecule has 108 valence electrons. The summed E-state index contributed by atoms with van der Waals surface area (Å²) in [6.07, 6.45) is 0. The summed E-state index contributed by atoms with van der Waals surface area (Å²) >= 11 is 3.17. The van der Waals surface area contributed by atoms with Crippen LogP contribution in [0, 0.1) is 17.0 Å². The largest absolute Gasteiger partial charge is 0.457 e. The van der Waals surface area contributed by atoms with Crippen molar-refractivity contribution in [2.24, 2.45) is 0 Å². The third kappa shape index (κ3) is 3.66. The third-order valence-corrected chi connectivity index (χ3v) is 3.43. The molecule has 0 radical (unpaired) electrons. The van der Waals surface area contributed by atoms with E-state index in [0.717, 1.165) is 5.56 Å². The van der Waals surface area contributed by atoms with Gasteiger partial charge in [0.2, 0.25) is 0 Å². The number of esters is 1. The Labute approximate surface area is 129 Å². The van der Waals surface area contributed by atoms with E-state index >= 15 is 0 Å². The molecular formula is C15H12BrNO4. The predicted molar refractivity (Wildman–Crippen MR) is 81.1 cm³/mol. The van der Waals surface area contributed by atoms with E-state index < -0.39 is 10.9 Å². The van der Waals surface area contributed by atoms with Crippen molar-refractivity contribution in [1.82, 2.24) is 0 Å². The maximum Gasteiger partial charge on any atom is 0.339 e. The molecule has 0 saturated heterocycles. The minimum absolute atomic E-state index is 0.115. The molecule has 0 N–H and O–H groups in total. The van der Waals surface area contributed by atoms with E-state index in [-0.39, 0.29) is 17.9 Å². The van der Waals surface area contributed by atoms with Crippen LogP contribution in [0.2, 0.25) is 0 Å². The van der Waals surface area contributed by atoms with Gasteiger partial charge in [-0.15, -0.1) is 0 Å². The van der Waals surface area contributed by atoms with Gasteiger partial charge in [-0.25, -0.2) is 4.79 Å². The van der Waals surface area contributed by atoms with Crippen LogP contribution in [-0.2, 0) is 11.3 Å². The molecule has 0 spiro atoms. The predicted octanol–water partition coefficient (Wildman–Crippen LogP) is 4.02. The molecule has 0 aliphatic carbocycles. The van der Waals surface area contributed by atoms with Crippen LogP contribution in [-0.4, -0.2) is 10.9 Å². The zero-order chi connectivity index (χ0) is 15.4.